The molecule has 0 aliphatic rings. The topological polar surface area (TPSA) is 133 Å². The Kier molecular flexibility index (Phi) is 6.14. The summed E-state index contributed by atoms with van der Waals surface area (Å²) in [5, 5.41) is 9.63. The molecule has 3 heterocycles. The number of amides is 1. The smallest absolute Gasteiger partial charge is 0.247 e. The Bertz CT molecular complexity index is 1450. The summed E-state index contributed by atoms with van der Waals surface area (Å²) in [4.78, 5) is 32.9. The van der Waals surface area contributed by atoms with Crippen LogP contribution in [-0.2, 0) is 11.8 Å². The lowest BCUT2D eigenvalue weighted by atomic mass is 10.1. The first-order valence-corrected chi connectivity index (χ1v) is 9.91. The zero-order valence-corrected chi connectivity index (χ0v) is 18.7. The fraction of sp³-hybridized carbons (Fsp3) is 0.136. The molecule has 0 aliphatic heterocycles. The van der Waals surface area contributed by atoms with Gasteiger partial charge in [0, 0.05) is 19.2 Å². The second kappa shape index (κ2) is 9.21. The number of hydrogen-bond acceptors (Lipinski definition) is 9. The normalized spacial score (nSPS) is 10.8. The SMILES string of the molecule is C=CC(=O)Nc1cn(C)nc1Nc1ncc2oc(C(=O)c3c(F)c(OC)cc(OC)c3F)cc2n1. The largest absolute Gasteiger partial charge is 0.494 e. The van der Waals surface area contributed by atoms with E-state index in [1.807, 2.05) is 0 Å². The van der Waals surface area contributed by atoms with E-state index in [4.69, 9.17) is 13.9 Å². The number of fused-ring (bicyclic) bond motifs is 1. The van der Waals surface area contributed by atoms with Crippen LogP contribution in [-0.4, -0.2) is 45.7 Å². The summed E-state index contributed by atoms with van der Waals surface area (Å²) >= 11 is 0. The highest BCUT2D eigenvalue weighted by atomic mass is 19.1. The van der Waals surface area contributed by atoms with Crippen molar-refractivity contribution < 1.29 is 32.3 Å². The molecule has 0 saturated heterocycles. The van der Waals surface area contributed by atoms with Gasteiger partial charge in [-0.1, -0.05) is 6.58 Å². The minimum absolute atomic E-state index is 0.0607. The van der Waals surface area contributed by atoms with Crippen molar-refractivity contribution in [2.45, 2.75) is 0 Å². The van der Waals surface area contributed by atoms with Gasteiger partial charge < -0.3 is 24.5 Å². The van der Waals surface area contributed by atoms with Crippen molar-refractivity contribution in [1.29, 1.82) is 0 Å². The van der Waals surface area contributed by atoms with Crippen molar-refractivity contribution >= 4 is 40.2 Å². The summed E-state index contributed by atoms with van der Waals surface area (Å²) in [6, 6.07) is 2.21. The number of halogens is 2. The molecule has 11 nitrogen and oxygen atoms in total. The van der Waals surface area contributed by atoms with Gasteiger partial charge in [0.2, 0.25) is 17.6 Å². The molecule has 0 atom stereocenters. The summed E-state index contributed by atoms with van der Waals surface area (Å²) in [5.74, 6) is -4.74. The van der Waals surface area contributed by atoms with E-state index >= 15 is 0 Å². The predicted octanol–water partition coefficient (Wildman–Crippen LogP) is 3.35. The van der Waals surface area contributed by atoms with E-state index in [9.17, 15) is 18.4 Å². The molecule has 1 amide bonds. The van der Waals surface area contributed by atoms with Crippen molar-refractivity contribution in [2.75, 3.05) is 24.9 Å². The molecule has 2 N–H and O–H groups in total. The van der Waals surface area contributed by atoms with Crippen molar-refractivity contribution in [3.8, 4) is 11.5 Å². The molecule has 180 valence electrons. The van der Waals surface area contributed by atoms with Crippen LogP contribution in [0.5, 0.6) is 11.5 Å². The van der Waals surface area contributed by atoms with Crippen LogP contribution in [0.3, 0.4) is 0 Å². The van der Waals surface area contributed by atoms with Crippen LogP contribution in [0, 0.1) is 11.6 Å². The number of rotatable bonds is 8. The zero-order valence-electron chi connectivity index (χ0n) is 18.7. The average Bonchev–Trinajstić information content (AvgIpc) is 3.41. The zero-order chi connectivity index (χ0) is 25.3. The molecular weight excluding hydrogens is 466 g/mol. The summed E-state index contributed by atoms with van der Waals surface area (Å²) in [5.41, 5.74) is -0.283. The summed E-state index contributed by atoms with van der Waals surface area (Å²) in [6.07, 6.45) is 3.93. The maximum Gasteiger partial charge on any atom is 0.247 e. The third kappa shape index (κ3) is 4.38. The number of nitrogens with one attached hydrogen (secondary N) is 2. The van der Waals surface area contributed by atoms with Crippen LogP contribution in [0.25, 0.3) is 11.1 Å². The lowest BCUT2D eigenvalue weighted by molar-refractivity contribution is -0.111. The van der Waals surface area contributed by atoms with Crippen molar-refractivity contribution in [1.82, 2.24) is 19.7 Å². The molecule has 0 aliphatic carbocycles. The van der Waals surface area contributed by atoms with Gasteiger partial charge in [0.15, 0.2) is 40.3 Å². The van der Waals surface area contributed by atoms with E-state index in [2.05, 4.69) is 32.3 Å². The Hall–Kier alpha value is -4.81. The van der Waals surface area contributed by atoms with Gasteiger partial charge in [0.1, 0.15) is 16.8 Å². The highest BCUT2D eigenvalue weighted by molar-refractivity contribution is 6.09. The molecule has 4 rings (SSSR count). The van der Waals surface area contributed by atoms with Gasteiger partial charge in [0.25, 0.3) is 0 Å². The second-order valence-electron chi connectivity index (χ2n) is 7.05. The summed E-state index contributed by atoms with van der Waals surface area (Å²) in [7, 11) is 3.99. The van der Waals surface area contributed by atoms with Gasteiger partial charge >= 0.3 is 0 Å². The number of benzene rings is 1. The standard InChI is InChI=1S/C22H18F2N6O5/c1-5-16(31)26-11-9-30(2)29-21(11)28-22-25-8-15-10(27-22)6-14(35-15)20(32)17-18(23)12(33-3)7-13(34-4)19(17)24/h5-9H,1H2,2-4H3,(H,26,31)(H,25,27,28,29). The number of furan rings is 1. The first-order valence-electron chi connectivity index (χ1n) is 9.91. The van der Waals surface area contributed by atoms with Gasteiger partial charge in [-0.3, -0.25) is 14.3 Å². The average molecular weight is 484 g/mol. The number of aromatic nitrogens is 4. The maximum atomic E-state index is 14.7. The third-order valence-electron chi connectivity index (χ3n) is 4.80. The van der Waals surface area contributed by atoms with Gasteiger partial charge in [-0.05, 0) is 6.08 Å². The first kappa shape index (κ1) is 23.4. The third-order valence-corrected chi connectivity index (χ3v) is 4.80. The van der Waals surface area contributed by atoms with E-state index in [0.717, 1.165) is 12.1 Å². The number of ketones is 1. The quantitative estimate of drug-likeness (QED) is 0.285. The molecule has 0 saturated carbocycles. The fourth-order valence-corrected chi connectivity index (χ4v) is 3.18. The number of nitrogens with zero attached hydrogens (tertiary/aromatic N) is 4. The van der Waals surface area contributed by atoms with Gasteiger partial charge in [-0.15, -0.1) is 0 Å². The number of carbonyl (C=O) groups excluding carboxylic acids is 2. The Labute approximate surface area is 196 Å². The molecule has 0 unspecified atom stereocenters. The van der Waals surface area contributed by atoms with Crippen molar-refractivity contribution in [3.63, 3.8) is 0 Å². The minimum Gasteiger partial charge on any atom is -0.494 e. The molecule has 0 bridgehead atoms. The lowest BCUT2D eigenvalue weighted by Gasteiger charge is -2.10. The monoisotopic (exact) mass is 484 g/mol. The number of carbonyl (C=O) groups is 2. The van der Waals surface area contributed by atoms with Crippen LogP contribution in [0.2, 0.25) is 0 Å². The summed E-state index contributed by atoms with van der Waals surface area (Å²) < 4.78 is 46.1. The predicted molar refractivity (Wildman–Crippen MR) is 120 cm³/mol. The molecule has 4 aromatic rings. The van der Waals surface area contributed by atoms with E-state index in [-0.39, 0.29) is 40.1 Å². The van der Waals surface area contributed by atoms with Crippen LogP contribution in [0.15, 0.2) is 41.6 Å². The van der Waals surface area contributed by atoms with E-state index in [1.54, 1.807) is 13.2 Å². The highest BCUT2D eigenvalue weighted by Gasteiger charge is 2.28. The highest BCUT2D eigenvalue weighted by Crippen LogP contribution is 2.33. The summed E-state index contributed by atoms with van der Waals surface area (Å²) in [6.45, 7) is 3.40. The molecule has 0 spiro atoms. The van der Waals surface area contributed by atoms with Crippen molar-refractivity contribution in [3.05, 3.63) is 60.1 Å². The number of methoxy groups -OCH3 is 2. The number of ether oxygens (including phenoxy) is 2. The Balaban J connectivity index is 1.68. The maximum absolute atomic E-state index is 14.7. The van der Waals surface area contributed by atoms with Crippen molar-refractivity contribution in [2.24, 2.45) is 7.05 Å². The molecule has 0 radical (unpaired) electrons. The lowest BCUT2D eigenvalue weighted by Crippen LogP contribution is -2.09. The number of anilines is 3. The van der Waals surface area contributed by atoms with E-state index in [0.29, 0.717) is 5.69 Å². The van der Waals surface area contributed by atoms with Crippen LogP contribution < -0.4 is 20.1 Å². The minimum atomic E-state index is -1.20. The van der Waals surface area contributed by atoms with E-state index in [1.165, 1.54) is 31.2 Å². The van der Waals surface area contributed by atoms with Gasteiger partial charge in [-0.2, -0.15) is 5.10 Å². The molecular formula is C22H18F2N6O5. The van der Waals surface area contributed by atoms with Crippen LogP contribution in [0.1, 0.15) is 16.1 Å². The molecule has 3 aromatic heterocycles. The molecule has 1 aromatic carbocycles. The number of hydrogen-bond donors (Lipinski definition) is 2. The van der Waals surface area contributed by atoms with Gasteiger partial charge in [-0.25, -0.2) is 18.7 Å². The van der Waals surface area contributed by atoms with E-state index < -0.39 is 28.9 Å². The Morgan fingerprint density at radius 3 is 2.49 bits per heavy atom. The fourth-order valence-electron chi connectivity index (χ4n) is 3.18. The molecule has 13 heteroatoms. The first-order chi connectivity index (χ1) is 16.7. The second-order valence-corrected chi connectivity index (χ2v) is 7.05. The number of aryl methyl sites for hydroxylation is 1. The Morgan fingerprint density at radius 1 is 1.17 bits per heavy atom. The van der Waals surface area contributed by atoms with Crippen LogP contribution in [0.4, 0.5) is 26.2 Å². The molecule has 35 heavy (non-hydrogen) atoms. The molecule has 0 fully saturated rings. The Morgan fingerprint density at radius 2 is 1.86 bits per heavy atom. The van der Waals surface area contributed by atoms with Gasteiger partial charge in [0.05, 0.1) is 26.6 Å². The van der Waals surface area contributed by atoms with Crippen LogP contribution >= 0.6 is 0 Å².